The summed E-state index contributed by atoms with van der Waals surface area (Å²) in [6, 6.07) is 0. The molecule has 0 saturated heterocycles. The van der Waals surface area contributed by atoms with E-state index >= 15 is 0 Å². The van der Waals surface area contributed by atoms with Crippen LogP contribution >= 0.6 is 0 Å². The van der Waals surface area contributed by atoms with E-state index in [1.54, 1.807) is 0 Å². The highest BCUT2D eigenvalue weighted by Crippen LogP contribution is 2.07. The fourth-order valence-corrected chi connectivity index (χ4v) is 1.34. The Morgan fingerprint density at radius 3 is 2.38 bits per heavy atom. The average Bonchev–Trinajstić information content (AvgIpc) is 2.13. The number of aliphatic hydroxyl groups is 1. The van der Waals surface area contributed by atoms with Gasteiger partial charge in [-0.1, -0.05) is 26.2 Å². The SMILES string of the molecule is CCCCCC(O)CCCOCC. The standard InChI is InChI=1S/C11H24O2/c1-3-5-6-8-11(12)9-7-10-13-4-2/h11-12H,3-10H2,1-2H3. The number of hydrogen-bond donors (Lipinski definition) is 1. The first-order valence-corrected chi connectivity index (χ1v) is 5.57. The Labute approximate surface area is 82.3 Å². The molecule has 0 radical (unpaired) electrons. The van der Waals surface area contributed by atoms with Crippen LogP contribution in [0.3, 0.4) is 0 Å². The Morgan fingerprint density at radius 2 is 1.77 bits per heavy atom. The summed E-state index contributed by atoms with van der Waals surface area (Å²) < 4.78 is 5.20. The van der Waals surface area contributed by atoms with Crippen LogP contribution in [-0.2, 0) is 4.74 Å². The van der Waals surface area contributed by atoms with Crippen LogP contribution in [0.1, 0.15) is 52.4 Å². The summed E-state index contributed by atoms with van der Waals surface area (Å²) in [5.41, 5.74) is 0. The van der Waals surface area contributed by atoms with Crippen molar-refractivity contribution in [2.24, 2.45) is 0 Å². The van der Waals surface area contributed by atoms with Gasteiger partial charge in [-0.05, 0) is 26.2 Å². The molecule has 2 heteroatoms. The van der Waals surface area contributed by atoms with E-state index in [0.29, 0.717) is 0 Å². The lowest BCUT2D eigenvalue weighted by molar-refractivity contribution is 0.109. The van der Waals surface area contributed by atoms with Crippen molar-refractivity contribution < 1.29 is 9.84 Å². The minimum atomic E-state index is -0.105. The molecular weight excluding hydrogens is 164 g/mol. The molecule has 0 fully saturated rings. The fourth-order valence-electron chi connectivity index (χ4n) is 1.34. The lowest BCUT2D eigenvalue weighted by Gasteiger charge is -2.09. The molecule has 0 aliphatic carbocycles. The second-order valence-corrected chi connectivity index (χ2v) is 3.49. The zero-order valence-corrected chi connectivity index (χ0v) is 9.09. The molecule has 0 rings (SSSR count). The molecule has 0 aromatic rings. The van der Waals surface area contributed by atoms with Gasteiger partial charge in [0, 0.05) is 13.2 Å². The lowest BCUT2D eigenvalue weighted by atomic mass is 10.1. The minimum absolute atomic E-state index is 0.105. The van der Waals surface area contributed by atoms with Crippen molar-refractivity contribution in [3.05, 3.63) is 0 Å². The molecule has 0 spiro atoms. The molecule has 80 valence electrons. The van der Waals surface area contributed by atoms with E-state index < -0.39 is 0 Å². The van der Waals surface area contributed by atoms with Crippen LogP contribution in [0.15, 0.2) is 0 Å². The maximum Gasteiger partial charge on any atom is 0.0541 e. The highest BCUT2D eigenvalue weighted by atomic mass is 16.5. The molecule has 2 nitrogen and oxygen atoms in total. The summed E-state index contributed by atoms with van der Waals surface area (Å²) in [6.45, 7) is 5.76. The number of unbranched alkanes of at least 4 members (excludes halogenated alkanes) is 2. The third-order valence-corrected chi connectivity index (χ3v) is 2.17. The van der Waals surface area contributed by atoms with Crippen LogP contribution in [0.25, 0.3) is 0 Å². The number of hydrogen-bond acceptors (Lipinski definition) is 2. The lowest BCUT2D eigenvalue weighted by Crippen LogP contribution is -2.07. The topological polar surface area (TPSA) is 29.5 Å². The Hall–Kier alpha value is -0.0800. The summed E-state index contributed by atoms with van der Waals surface area (Å²) >= 11 is 0. The molecule has 1 atom stereocenters. The first-order valence-electron chi connectivity index (χ1n) is 5.57. The van der Waals surface area contributed by atoms with Crippen molar-refractivity contribution in [2.75, 3.05) is 13.2 Å². The predicted molar refractivity (Wildman–Crippen MR) is 55.9 cm³/mol. The largest absolute Gasteiger partial charge is 0.393 e. The van der Waals surface area contributed by atoms with Crippen LogP contribution in [0.4, 0.5) is 0 Å². The van der Waals surface area contributed by atoms with Gasteiger partial charge in [-0.25, -0.2) is 0 Å². The van der Waals surface area contributed by atoms with E-state index in [1.165, 1.54) is 12.8 Å². The van der Waals surface area contributed by atoms with E-state index in [1.807, 2.05) is 6.92 Å². The number of rotatable bonds is 9. The van der Waals surface area contributed by atoms with Gasteiger partial charge in [-0.3, -0.25) is 0 Å². The van der Waals surface area contributed by atoms with E-state index in [-0.39, 0.29) is 6.10 Å². The van der Waals surface area contributed by atoms with Crippen molar-refractivity contribution >= 4 is 0 Å². The Kier molecular flexibility index (Phi) is 9.94. The van der Waals surface area contributed by atoms with E-state index in [2.05, 4.69) is 6.92 Å². The Balaban J connectivity index is 3.05. The Bertz CT molecular complexity index is 94.1. The molecule has 13 heavy (non-hydrogen) atoms. The van der Waals surface area contributed by atoms with Crippen LogP contribution in [0.5, 0.6) is 0 Å². The zero-order chi connectivity index (χ0) is 9.94. The van der Waals surface area contributed by atoms with Crippen LogP contribution in [0, 0.1) is 0 Å². The molecule has 0 aromatic carbocycles. The molecule has 1 unspecified atom stereocenters. The van der Waals surface area contributed by atoms with E-state index in [9.17, 15) is 5.11 Å². The van der Waals surface area contributed by atoms with Gasteiger partial charge in [-0.15, -0.1) is 0 Å². The predicted octanol–water partition coefficient (Wildman–Crippen LogP) is 2.74. The molecule has 0 bridgehead atoms. The second kappa shape index (κ2) is 10.0. The van der Waals surface area contributed by atoms with Gasteiger partial charge in [0.1, 0.15) is 0 Å². The van der Waals surface area contributed by atoms with Crippen LogP contribution in [0.2, 0.25) is 0 Å². The molecule has 0 aromatic heterocycles. The molecule has 0 aliphatic heterocycles. The van der Waals surface area contributed by atoms with E-state index in [0.717, 1.165) is 38.9 Å². The van der Waals surface area contributed by atoms with Crippen LogP contribution in [-0.4, -0.2) is 24.4 Å². The molecule has 0 aliphatic rings. The monoisotopic (exact) mass is 188 g/mol. The normalized spacial score (nSPS) is 13.2. The third kappa shape index (κ3) is 9.84. The minimum Gasteiger partial charge on any atom is -0.393 e. The molecule has 0 heterocycles. The van der Waals surface area contributed by atoms with Crippen LogP contribution < -0.4 is 0 Å². The zero-order valence-electron chi connectivity index (χ0n) is 9.09. The number of aliphatic hydroxyl groups excluding tert-OH is 1. The fraction of sp³-hybridized carbons (Fsp3) is 1.00. The van der Waals surface area contributed by atoms with E-state index in [4.69, 9.17) is 4.74 Å². The van der Waals surface area contributed by atoms with Gasteiger partial charge in [0.05, 0.1) is 6.10 Å². The smallest absolute Gasteiger partial charge is 0.0541 e. The van der Waals surface area contributed by atoms with Crippen molar-refractivity contribution in [1.82, 2.24) is 0 Å². The van der Waals surface area contributed by atoms with Crippen molar-refractivity contribution in [1.29, 1.82) is 0 Å². The van der Waals surface area contributed by atoms with Gasteiger partial charge >= 0.3 is 0 Å². The summed E-state index contributed by atoms with van der Waals surface area (Å²) in [4.78, 5) is 0. The summed E-state index contributed by atoms with van der Waals surface area (Å²) in [5, 5.41) is 9.52. The summed E-state index contributed by atoms with van der Waals surface area (Å²) in [6.07, 6.45) is 6.36. The maximum absolute atomic E-state index is 9.52. The first-order chi connectivity index (χ1) is 6.31. The molecular formula is C11H24O2. The van der Waals surface area contributed by atoms with Gasteiger partial charge < -0.3 is 9.84 Å². The highest BCUT2D eigenvalue weighted by molar-refractivity contribution is 4.55. The van der Waals surface area contributed by atoms with Gasteiger partial charge in [0.15, 0.2) is 0 Å². The van der Waals surface area contributed by atoms with Gasteiger partial charge in [-0.2, -0.15) is 0 Å². The second-order valence-electron chi connectivity index (χ2n) is 3.49. The van der Waals surface area contributed by atoms with Crippen molar-refractivity contribution in [2.45, 2.75) is 58.5 Å². The van der Waals surface area contributed by atoms with Crippen molar-refractivity contribution in [3.63, 3.8) is 0 Å². The first kappa shape index (κ1) is 12.9. The van der Waals surface area contributed by atoms with Crippen molar-refractivity contribution in [3.8, 4) is 0 Å². The average molecular weight is 188 g/mol. The quantitative estimate of drug-likeness (QED) is 0.564. The maximum atomic E-state index is 9.52. The van der Waals surface area contributed by atoms with Gasteiger partial charge in [0.2, 0.25) is 0 Å². The molecule has 1 N–H and O–H groups in total. The summed E-state index contributed by atoms with van der Waals surface area (Å²) in [5.74, 6) is 0. The molecule has 0 saturated carbocycles. The number of ether oxygens (including phenoxy) is 1. The third-order valence-electron chi connectivity index (χ3n) is 2.17. The summed E-state index contributed by atoms with van der Waals surface area (Å²) in [7, 11) is 0. The highest BCUT2D eigenvalue weighted by Gasteiger charge is 2.02. The van der Waals surface area contributed by atoms with Gasteiger partial charge in [0.25, 0.3) is 0 Å². The Morgan fingerprint density at radius 1 is 1.08 bits per heavy atom. The molecule has 0 amide bonds.